The molecule has 0 saturated carbocycles. The molecule has 0 aliphatic rings. The molecule has 0 amide bonds. The Bertz CT molecular complexity index is 581. The Labute approximate surface area is 123 Å². The van der Waals surface area contributed by atoms with E-state index in [1.165, 1.54) is 18.2 Å². The lowest BCUT2D eigenvalue weighted by Crippen LogP contribution is -2.20. The van der Waals surface area contributed by atoms with E-state index in [2.05, 4.69) is 0 Å². The summed E-state index contributed by atoms with van der Waals surface area (Å²) in [5, 5.41) is 0. The molecule has 2 nitrogen and oxygen atoms in total. The zero-order chi connectivity index (χ0) is 15.2. The summed E-state index contributed by atoms with van der Waals surface area (Å²) < 4.78 is 32.6. The highest BCUT2D eigenvalue weighted by Gasteiger charge is 2.15. The van der Waals surface area contributed by atoms with Crippen molar-refractivity contribution < 1.29 is 13.5 Å². The Hall–Kier alpha value is -1.94. The van der Waals surface area contributed by atoms with E-state index in [9.17, 15) is 8.78 Å². The number of benzene rings is 2. The van der Waals surface area contributed by atoms with Crippen LogP contribution >= 0.6 is 0 Å². The predicted octanol–water partition coefficient (Wildman–Crippen LogP) is 3.33. The molecule has 1 atom stereocenters. The average molecular weight is 291 g/mol. The van der Waals surface area contributed by atoms with Crippen LogP contribution in [-0.4, -0.2) is 13.7 Å². The zero-order valence-corrected chi connectivity index (χ0v) is 12.0. The van der Waals surface area contributed by atoms with Crippen LogP contribution in [0, 0.1) is 17.6 Å². The first-order chi connectivity index (χ1) is 10.1. The van der Waals surface area contributed by atoms with Crippen LogP contribution in [-0.2, 0) is 12.8 Å². The van der Waals surface area contributed by atoms with Gasteiger partial charge in [-0.15, -0.1) is 0 Å². The Morgan fingerprint density at radius 1 is 1.05 bits per heavy atom. The lowest BCUT2D eigenvalue weighted by Gasteiger charge is -2.16. The highest BCUT2D eigenvalue weighted by Crippen LogP contribution is 2.21. The predicted molar refractivity (Wildman–Crippen MR) is 79.3 cm³/mol. The first kappa shape index (κ1) is 15.4. The number of ether oxygens (including phenoxy) is 1. The normalized spacial score (nSPS) is 12.2. The van der Waals surface area contributed by atoms with Gasteiger partial charge < -0.3 is 10.5 Å². The number of hydrogen-bond acceptors (Lipinski definition) is 2. The second-order valence-corrected chi connectivity index (χ2v) is 5.06. The third kappa shape index (κ3) is 4.02. The molecule has 0 heterocycles. The summed E-state index contributed by atoms with van der Waals surface area (Å²) in [6.45, 7) is 0.366. The summed E-state index contributed by atoms with van der Waals surface area (Å²) in [7, 11) is 1.61. The standard InChI is InChI=1S/C17H19F2NO/c1-21-14-5-2-4-12(9-14)8-13(11-20)10-15-16(18)6-3-7-17(15)19/h2-7,9,13H,8,10-11,20H2,1H3. The number of methoxy groups -OCH3 is 1. The topological polar surface area (TPSA) is 35.2 Å². The largest absolute Gasteiger partial charge is 0.497 e. The number of halogens is 2. The fourth-order valence-electron chi connectivity index (χ4n) is 2.39. The van der Waals surface area contributed by atoms with Gasteiger partial charge in [-0.05, 0) is 55.1 Å². The summed E-state index contributed by atoms with van der Waals surface area (Å²) in [5.41, 5.74) is 6.91. The quantitative estimate of drug-likeness (QED) is 0.886. The highest BCUT2D eigenvalue weighted by molar-refractivity contribution is 5.29. The molecule has 0 bridgehead atoms. The SMILES string of the molecule is COc1cccc(CC(CN)Cc2c(F)cccc2F)c1. The Balaban J connectivity index is 2.13. The fourth-order valence-corrected chi connectivity index (χ4v) is 2.39. The zero-order valence-electron chi connectivity index (χ0n) is 12.0. The Morgan fingerprint density at radius 3 is 2.33 bits per heavy atom. The minimum absolute atomic E-state index is 0.0245. The van der Waals surface area contributed by atoms with Crippen molar-refractivity contribution in [2.75, 3.05) is 13.7 Å². The van der Waals surface area contributed by atoms with Crippen molar-refractivity contribution in [2.45, 2.75) is 12.8 Å². The van der Waals surface area contributed by atoms with Crippen molar-refractivity contribution in [3.05, 3.63) is 65.2 Å². The summed E-state index contributed by atoms with van der Waals surface area (Å²) >= 11 is 0. The third-order valence-electron chi connectivity index (χ3n) is 3.55. The van der Waals surface area contributed by atoms with E-state index in [4.69, 9.17) is 10.5 Å². The molecule has 4 heteroatoms. The number of rotatable bonds is 6. The van der Waals surface area contributed by atoms with Gasteiger partial charge in [-0.1, -0.05) is 18.2 Å². The van der Waals surface area contributed by atoms with Gasteiger partial charge in [-0.3, -0.25) is 0 Å². The smallest absolute Gasteiger partial charge is 0.129 e. The van der Waals surface area contributed by atoms with Gasteiger partial charge >= 0.3 is 0 Å². The minimum atomic E-state index is -0.515. The van der Waals surface area contributed by atoms with Crippen LogP contribution in [0.5, 0.6) is 5.75 Å². The van der Waals surface area contributed by atoms with Gasteiger partial charge in [-0.25, -0.2) is 8.78 Å². The Kier molecular flexibility index (Phi) is 5.28. The maximum absolute atomic E-state index is 13.7. The monoisotopic (exact) mass is 291 g/mol. The molecule has 112 valence electrons. The van der Waals surface area contributed by atoms with Crippen molar-refractivity contribution in [3.8, 4) is 5.75 Å². The van der Waals surface area contributed by atoms with Gasteiger partial charge in [-0.2, -0.15) is 0 Å². The van der Waals surface area contributed by atoms with Crippen LogP contribution in [0.15, 0.2) is 42.5 Å². The van der Waals surface area contributed by atoms with Gasteiger partial charge in [0.05, 0.1) is 7.11 Å². The van der Waals surface area contributed by atoms with Crippen LogP contribution in [0.2, 0.25) is 0 Å². The molecule has 0 fully saturated rings. The molecule has 2 aromatic carbocycles. The first-order valence-corrected chi connectivity index (χ1v) is 6.90. The van der Waals surface area contributed by atoms with E-state index in [0.29, 0.717) is 13.0 Å². The van der Waals surface area contributed by atoms with Crippen molar-refractivity contribution in [1.29, 1.82) is 0 Å². The van der Waals surface area contributed by atoms with E-state index in [1.54, 1.807) is 7.11 Å². The van der Waals surface area contributed by atoms with E-state index < -0.39 is 11.6 Å². The van der Waals surface area contributed by atoms with Crippen molar-refractivity contribution in [1.82, 2.24) is 0 Å². The molecular formula is C17H19F2NO. The number of nitrogens with two attached hydrogens (primary N) is 1. The van der Waals surface area contributed by atoms with Gasteiger partial charge in [0.15, 0.2) is 0 Å². The lowest BCUT2D eigenvalue weighted by atomic mass is 9.92. The van der Waals surface area contributed by atoms with E-state index in [0.717, 1.165) is 11.3 Å². The second-order valence-electron chi connectivity index (χ2n) is 5.06. The molecule has 0 aromatic heterocycles. The molecule has 0 radical (unpaired) electrons. The first-order valence-electron chi connectivity index (χ1n) is 6.90. The third-order valence-corrected chi connectivity index (χ3v) is 3.55. The summed E-state index contributed by atoms with van der Waals surface area (Å²) in [6.07, 6.45) is 0.938. The maximum Gasteiger partial charge on any atom is 0.129 e. The lowest BCUT2D eigenvalue weighted by molar-refractivity contribution is 0.413. The fraction of sp³-hybridized carbons (Fsp3) is 0.294. The molecular weight excluding hydrogens is 272 g/mol. The van der Waals surface area contributed by atoms with Crippen LogP contribution in [0.4, 0.5) is 8.78 Å². The van der Waals surface area contributed by atoms with Crippen LogP contribution in [0.25, 0.3) is 0 Å². The molecule has 0 saturated heterocycles. The molecule has 1 unspecified atom stereocenters. The summed E-state index contributed by atoms with van der Waals surface area (Å²) in [4.78, 5) is 0. The molecule has 2 rings (SSSR count). The van der Waals surface area contributed by atoms with Crippen LogP contribution in [0.1, 0.15) is 11.1 Å². The van der Waals surface area contributed by atoms with Crippen LogP contribution in [0.3, 0.4) is 0 Å². The average Bonchev–Trinajstić information content (AvgIpc) is 2.50. The molecule has 0 spiro atoms. The van der Waals surface area contributed by atoms with Crippen molar-refractivity contribution in [2.24, 2.45) is 11.7 Å². The van der Waals surface area contributed by atoms with Gasteiger partial charge in [0, 0.05) is 5.56 Å². The van der Waals surface area contributed by atoms with Crippen molar-refractivity contribution in [3.63, 3.8) is 0 Å². The van der Waals surface area contributed by atoms with Crippen molar-refractivity contribution >= 4 is 0 Å². The molecule has 2 aromatic rings. The number of hydrogen-bond donors (Lipinski definition) is 1. The molecule has 0 aliphatic carbocycles. The van der Waals surface area contributed by atoms with Gasteiger partial charge in [0.25, 0.3) is 0 Å². The Morgan fingerprint density at radius 2 is 1.71 bits per heavy atom. The molecule has 2 N–H and O–H groups in total. The summed E-state index contributed by atoms with van der Waals surface area (Å²) in [6, 6.07) is 11.6. The summed E-state index contributed by atoms with van der Waals surface area (Å²) in [5.74, 6) is -0.290. The van der Waals surface area contributed by atoms with E-state index in [1.807, 2.05) is 24.3 Å². The van der Waals surface area contributed by atoms with E-state index >= 15 is 0 Å². The van der Waals surface area contributed by atoms with Gasteiger partial charge in [0.2, 0.25) is 0 Å². The maximum atomic E-state index is 13.7. The molecule has 0 aliphatic heterocycles. The van der Waals surface area contributed by atoms with Crippen LogP contribution < -0.4 is 10.5 Å². The second kappa shape index (κ2) is 7.18. The molecule has 21 heavy (non-hydrogen) atoms. The van der Waals surface area contributed by atoms with Gasteiger partial charge in [0.1, 0.15) is 17.4 Å². The highest BCUT2D eigenvalue weighted by atomic mass is 19.1. The minimum Gasteiger partial charge on any atom is -0.497 e. The van der Waals surface area contributed by atoms with E-state index in [-0.39, 0.29) is 17.9 Å².